The number of benzene rings is 3. The van der Waals surface area contributed by atoms with E-state index in [1.165, 1.54) is 7.11 Å². The standard InChI is InChI=1S/C30H32N4O4/c1-5-34(6-2)19-26(35)33(3)23-15-13-22(14-16-23)31-28(20-10-8-7-9-11-20)27-24-17-12-21(30(37)38-4)18-25(24)32-29(27)36/h7-18,31H,5-6,19H2,1-4H3,(H,32,36). The van der Waals surface area contributed by atoms with E-state index in [2.05, 4.69) is 15.5 Å². The molecule has 0 fully saturated rings. The van der Waals surface area contributed by atoms with Crippen molar-refractivity contribution in [1.82, 2.24) is 4.90 Å². The van der Waals surface area contributed by atoms with Gasteiger partial charge in [0.25, 0.3) is 5.91 Å². The van der Waals surface area contributed by atoms with Crippen LogP contribution in [0.15, 0.2) is 72.8 Å². The number of rotatable bonds is 9. The maximum atomic E-state index is 13.2. The normalized spacial score (nSPS) is 13.6. The number of hydrogen-bond acceptors (Lipinski definition) is 6. The average Bonchev–Trinajstić information content (AvgIpc) is 3.28. The molecule has 0 aromatic heterocycles. The van der Waals surface area contributed by atoms with E-state index in [4.69, 9.17) is 4.74 Å². The molecule has 0 spiro atoms. The van der Waals surface area contributed by atoms with E-state index in [-0.39, 0.29) is 11.8 Å². The summed E-state index contributed by atoms with van der Waals surface area (Å²) < 4.78 is 4.81. The van der Waals surface area contributed by atoms with E-state index in [9.17, 15) is 14.4 Å². The highest BCUT2D eigenvalue weighted by molar-refractivity contribution is 6.37. The van der Waals surface area contributed by atoms with Crippen LogP contribution in [0.5, 0.6) is 0 Å². The van der Waals surface area contributed by atoms with Crippen LogP contribution in [-0.4, -0.2) is 56.5 Å². The van der Waals surface area contributed by atoms with E-state index in [0.717, 1.165) is 30.0 Å². The second kappa shape index (κ2) is 11.7. The Labute approximate surface area is 222 Å². The summed E-state index contributed by atoms with van der Waals surface area (Å²) >= 11 is 0. The third-order valence-corrected chi connectivity index (χ3v) is 6.65. The Balaban J connectivity index is 1.66. The number of likely N-dealkylation sites (N-methyl/N-ethyl adjacent to an activating group) is 2. The van der Waals surface area contributed by atoms with Crippen LogP contribution < -0.4 is 15.5 Å². The molecular formula is C30H32N4O4. The molecule has 38 heavy (non-hydrogen) atoms. The molecule has 0 atom stereocenters. The number of anilines is 3. The number of amides is 2. The lowest BCUT2D eigenvalue weighted by molar-refractivity contribution is -0.119. The summed E-state index contributed by atoms with van der Waals surface area (Å²) in [6.07, 6.45) is 0. The van der Waals surface area contributed by atoms with Gasteiger partial charge in [0.2, 0.25) is 5.91 Å². The molecule has 0 bridgehead atoms. The largest absolute Gasteiger partial charge is 0.465 e. The first-order chi connectivity index (χ1) is 18.4. The lowest BCUT2D eigenvalue weighted by Gasteiger charge is -2.23. The van der Waals surface area contributed by atoms with Crippen molar-refractivity contribution >= 4 is 46.1 Å². The lowest BCUT2D eigenvalue weighted by atomic mass is 9.99. The first-order valence-electron chi connectivity index (χ1n) is 12.6. The molecule has 3 aromatic carbocycles. The molecule has 0 saturated carbocycles. The van der Waals surface area contributed by atoms with E-state index >= 15 is 0 Å². The fourth-order valence-corrected chi connectivity index (χ4v) is 4.35. The van der Waals surface area contributed by atoms with Crippen molar-refractivity contribution in [2.45, 2.75) is 13.8 Å². The van der Waals surface area contributed by atoms with Gasteiger partial charge in [0.15, 0.2) is 0 Å². The van der Waals surface area contributed by atoms with Crippen LogP contribution in [0, 0.1) is 0 Å². The van der Waals surface area contributed by atoms with Gasteiger partial charge in [0.1, 0.15) is 0 Å². The predicted molar refractivity (Wildman–Crippen MR) is 151 cm³/mol. The Bertz CT molecular complexity index is 1360. The maximum absolute atomic E-state index is 13.2. The Morgan fingerprint density at radius 3 is 2.24 bits per heavy atom. The number of ether oxygens (including phenoxy) is 1. The molecule has 8 nitrogen and oxygen atoms in total. The Morgan fingerprint density at radius 1 is 0.921 bits per heavy atom. The molecule has 1 aliphatic rings. The first kappa shape index (κ1) is 26.6. The van der Waals surface area contributed by atoms with Crippen molar-refractivity contribution in [3.8, 4) is 0 Å². The summed E-state index contributed by atoms with van der Waals surface area (Å²) in [5, 5.41) is 6.29. The number of nitrogens with zero attached hydrogens (tertiary/aromatic N) is 2. The highest BCUT2D eigenvalue weighted by Crippen LogP contribution is 2.38. The number of esters is 1. The molecular weight excluding hydrogens is 480 g/mol. The van der Waals surface area contributed by atoms with Crippen LogP contribution in [0.3, 0.4) is 0 Å². The lowest BCUT2D eigenvalue weighted by Crippen LogP contribution is -2.38. The molecule has 2 amide bonds. The average molecular weight is 513 g/mol. The molecule has 2 N–H and O–H groups in total. The molecule has 4 rings (SSSR count). The monoisotopic (exact) mass is 512 g/mol. The van der Waals surface area contributed by atoms with E-state index in [0.29, 0.717) is 34.6 Å². The van der Waals surface area contributed by atoms with E-state index in [1.54, 1.807) is 30.1 Å². The topological polar surface area (TPSA) is 91.0 Å². The van der Waals surface area contributed by atoms with Crippen LogP contribution in [0.1, 0.15) is 35.3 Å². The van der Waals surface area contributed by atoms with Crippen molar-refractivity contribution in [1.29, 1.82) is 0 Å². The molecule has 0 saturated heterocycles. The summed E-state index contributed by atoms with van der Waals surface area (Å²) in [5.41, 5.74) is 5.07. The van der Waals surface area contributed by atoms with Crippen molar-refractivity contribution in [2.24, 2.45) is 0 Å². The first-order valence-corrected chi connectivity index (χ1v) is 12.6. The van der Waals surface area contributed by atoms with Gasteiger partial charge in [-0.25, -0.2) is 4.79 Å². The van der Waals surface area contributed by atoms with E-state index < -0.39 is 5.97 Å². The van der Waals surface area contributed by atoms with Gasteiger partial charge in [-0.05, 0) is 55.1 Å². The minimum absolute atomic E-state index is 0.0204. The minimum atomic E-state index is -0.471. The molecule has 196 valence electrons. The van der Waals surface area contributed by atoms with Gasteiger partial charge in [-0.2, -0.15) is 0 Å². The Hall–Kier alpha value is -4.43. The van der Waals surface area contributed by atoms with Crippen molar-refractivity contribution in [2.75, 3.05) is 49.3 Å². The summed E-state index contributed by atoms with van der Waals surface area (Å²) in [6, 6.07) is 22.1. The van der Waals surface area contributed by atoms with E-state index in [1.807, 2.05) is 68.4 Å². The molecule has 0 radical (unpaired) electrons. The number of nitrogens with one attached hydrogen (secondary N) is 2. The van der Waals surface area contributed by atoms with Crippen LogP contribution >= 0.6 is 0 Å². The summed E-state index contributed by atoms with van der Waals surface area (Å²) in [7, 11) is 3.09. The SMILES string of the molecule is CCN(CC)CC(=O)N(C)c1ccc(NC(=C2C(=O)Nc3cc(C(=O)OC)ccc32)c2ccccc2)cc1. The third kappa shape index (κ3) is 5.60. The zero-order chi connectivity index (χ0) is 27.2. The molecule has 8 heteroatoms. The fourth-order valence-electron chi connectivity index (χ4n) is 4.35. The second-order valence-corrected chi connectivity index (χ2v) is 8.91. The summed E-state index contributed by atoms with van der Waals surface area (Å²) in [4.78, 5) is 41.6. The number of methoxy groups -OCH3 is 1. The Kier molecular flexibility index (Phi) is 8.23. The van der Waals surface area contributed by atoms with Crippen LogP contribution in [0.4, 0.5) is 17.1 Å². The number of carbonyl (C=O) groups is 3. The van der Waals surface area contributed by atoms with Gasteiger partial charge >= 0.3 is 5.97 Å². The second-order valence-electron chi connectivity index (χ2n) is 8.91. The van der Waals surface area contributed by atoms with Gasteiger partial charge in [0, 0.05) is 24.0 Å². The molecule has 0 aliphatic carbocycles. The van der Waals surface area contributed by atoms with Gasteiger partial charge in [-0.15, -0.1) is 0 Å². The quantitative estimate of drug-likeness (QED) is 0.319. The van der Waals surface area contributed by atoms with Crippen LogP contribution in [0.2, 0.25) is 0 Å². The van der Waals surface area contributed by atoms with Crippen molar-refractivity contribution in [3.05, 3.63) is 89.5 Å². The van der Waals surface area contributed by atoms with Crippen LogP contribution in [-0.2, 0) is 14.3 Å². The van der Waals surface area contributed by atoms with Crippen LogP contribution in [0.25, 0.3) is 11.3 Å². The number of carbonyl (C=O) groups excluding carboxylic acids is 3. The zero-order valence-corrected chi connectivity index (χ0v) is 22.1. The highest BCUT2D eigenvalue weighted by Gasteiger charge is 2.29. The molecule has 1 heterocycles. The number of fused-ring (bicyclic) bond motifs is 1. The molecule has 0 unspecified atom stereocenters. The zero-order valence-electron chi connectivity index (χ0n) is 22.1. The fraction of sp³-hybridized carbons (Fsp3) is 0.233. The predicted octanol–water partition coefficient (Wildman–Crippen LogP) is 4.71. The highest BCUT2D eigenvalue weighted by atomic mass is 16.5. The summed E-state index contributed by atoms with van der Waals surface area (Å²) in [5.74, 6) is -0.722. The Morgan fingerprint density at radius 2 is 1.61 bits per heavy atom. The smallest absolute Gasteiger partial charge is 0.337 e. The van der Waals surface area contributed by atoms with Gasteiger partial charge < -0.3 is 20.3 Å². The molecule has 1 aliphatic heterocycles. The van der Waals surface area contributed by atoms with Gasteiger partial charge in [-0.1, -0.05) is 50.2 Å². The minimum Gasteiger partial charge on any atom is -0.465 e. The summed E-state index contributed by atoms with van der Waals surface area (Å²) in [6.45, 7) is 6.07. The third-order valence-electron chi connectivity index (χ3n) is 6.65. The van der Waals surface area contributed by atoms with Gasteiger partial charge in [-0.3, -0.25) is 14.5 Å². The van der Waals surface area contributed by atoms with Crippen molar-refractivity contribution < 1.29 is 19.1 Å². The van der Waals surface area contributed by atoms with Crippen molar-refractivity contribution in [3.63, 3.8) is 0 Å². The maximum Gasteiger partial charge on any atom is 0.337 e. The molecule has 3 aromatic rings. The van der Waals surface area contributed by atoms with Gasteiger partial charge in [0.05, 0.1) is 36.2 Å². The number of hydrogen-bond donors (Lipinski definition) is 2.